The van der Waals surface area contributed by atoms with Crippen LogP contribution in [0.2, 0.25) is 0 Å². The number of fused-ring (bicyclic) bond motifs is 1. The van der Waals surface area contributed by atoms with Gasteiger partial charge >= 0.3 is 6.03 Å². The largest absolute Gasteiger partial charge is 0.494 e. The van der Waals surface area contributed by atoms with E-state index < -0.39 is 0 Å². The van der Waals surface area contributed by atoms with Gasteiger partial charge in [0.05, 0.1) is 18.8 Å². The van der Waals surface area contributed by atoms with Gasteiger partial charge in [-0.25, -0.2) is 9.78 Å². The Hall–Kier alpha value is -2.65. The second-order valence-electron chi connectivity index (χ2n) is 7.93. The van der Waals surface area contributed by atoms with Crippen molar-refractivity contribution < 1.29 is 14.3 Å². The molecule has 3 amide bonds. The molecule has 1 aromatic carbocycles. The van der Waals surface area contributed by atoms with E-state index in [0.717, 1.165) is 47.8 Å². The van der Waals surface area contributed by atoms with E-state index in [9.17, 15) is 9.59 Å². The number of nitrogens with zero attached hydrogens (tertiary/aromatic N) is 2. The molecule has 2 aliphatic rings. The number of ether oxygens (including phenoxy) is 1. The third kappa shape index (κ3) is 5.95. The van der Waals surface area contributed by atoms with E-state index in [0.29, 0.717) is 24.8 Å². The fourth-order valence-electron chi connectivity index (χ4n) is 4.03. The average molecular weight is 444 g/mol. The molecule has 166 valence electrons. The molecule has 0 unspecified atom stereocenters. The van der Waals surface area contributed by atoms with E-state index in [-0.39, 0.29) is 18.0 Å². The number of benzene rings is 1. The van der Waals surface area contributed by atoms with Crippen LogP contribution in [-0.2, 0) is 17.8 Å². The van der Waals surface area contributed by atoms with E-state index in [1.54, 1.807) is 0 Å². The summed E-state index contributed by atoms with van der Waals surface area (Å²) in [7, 11) is 0. The van der Waals surface area contributed by atoms with Crippen LogP contribution in [0.15, 0.2) is 24.3 Å². The Morgan fingerprint density at radius 2 is 1.97 bits per heavy atom. The maximum absolute atomic E-state index is 12.5. The molecular weight excluding hydrogens is 414 g/mol. The molecule has 1 aromatic heterocycles. The van der Waals surface area contributed by atoms with Crippen LogP contribution in [0, 0.1) is 0 Å². The summed E-state index contributed by atoms with van der Waals surface area (Å²) in [5.74, 6) is 0.738. The highest BCUT2D eigenvalue weighted by molar-refractivity contribution is 7.15. The Balaban J connectivity index is 1.26. The van der Waals surface area contributed by atoms with Crippen molar-refractivity contribution >= 4 is 34.1 Å². The highest BCUT2D eigenvalue weighted by atomic mass is 32.1. The first-order valence-corrected chi connectivity index (χ1v) is 11.7. The maximum Gasteiger partial charge on any atom is 0.321 e. The van der Waals surface area contributed by atoms with Crippen molar-refractivity contribution in [1.82, 2.24) is 15.2 Å². The Kier molecular flexibility index (Phi) is 7.03. The fourth-order valence-corrected chi connectivity index (χ4v) is 5.08. The van der Waals surface area contributed by atoms with Crippen molar-refractivity contribution in [2.75, 3.05) is 30.3 Å². The Morgan fingerprint density at radius 1 is 1.19 bits per heavy atom. The molecule has 3 N–H and O–H groups in total. The predicted octanol–water partition coefficient (Wildman–Crippen LogP) is 3.60. The zero-order chi connectivity index (χ0) is 21.6. The van der Waals surface area contributed by atoms with Crippen LogP contribution >= 0.6 is 11.3 Å². The lowest BCUT2D eigenvalue weighted by Crippen LogP contribution is -2.36. The number of carbonyl (C=O) groups is 2. The smallest absolute Gasteiger partial charge is 0.321 e. The second kappa shape index (κ2) is 10.1. The molecule has 8 nitrogen and oxygen atoms in total. The van der Waals surface area contributed by atoms with Gasteiger partial charge in [0.2, 0.25) is 5.91 Å². The summed E-state index contributed by atoms with van der Waals surface area (Å²) in [4.78, 5) is 32.4. The van der Waals surface area contributed by atoms with Crippen LogP contribution in [0.5, 0.6) is 5.75 Å². The minimum Gasteiger partial charge on any atom is -0.494 e. The SMILES string of the molecule is CCOc1ccc(NC(=O)CN2CCc3nc(NC(=O)NC4CCCC4)sc3C2)cc1. The summed E-state index contributed by atoms with van der Waals surface area (Å²) < 4.78 is 5.42. The number of urea groups is 1. The van der Waals surface area contributed by atoms with Gasteiger partial charge in [0.15, 0.2) is 5.13 Å². The Bertz CT molecular complexity index is 908. The van der Waals surface area contributed by atoms with Crippen molar-refractivity contribution in [2.24, 2.45) is 0 Å². The Morgan fingerprint density at radius 3 is 2.71 bits per heavy atom. The van der Waals surface area contributed by atoms with E-state index in [4.69, 9.17) is 4.74 Å². The number of anilines is 2. The average Bonchev–Trinajstić information content (AvgIpc) is 3.38. The second-order valence-corrected chi connectivity index (χ2v) is 9.02. The van der Waals surface area contributed by atoms with E-state index >= 15 is 0 Å². The van der Waals surface area contributed by atoms with Crippen LogP contribution in [-0.4, -0.2) is 47.6 Å². The number of nitrogens with one attached hydrogen (secondary N) is 3. The van der Waals surface area contributed by atoms with Crippen molar-refractivity contribution in [3.63, 3.8) is 0 Å². The normalized spacial score (nSPS) is 16.5. The topological polar surface area (TPSA) is 95.6 Å². The molecule has 0 atom stereocenters. The van der Waals surface area contributed by atoms with Crippen LogP contribution in [0.4, 0.5) is 15.6 Å². The zero-order valence-electron chi connectivity index (χ0n) is 17.8. The summed E-state index contributed by atoms with van der Waals surface area (Å²) in [6.45, 7) is 4.29. The summed E-state index contributed by atoms with van der Waals surface area (Å²) in [6.07, 6.45) is 5.23. The first-order chi connectivity index (χ1) is 15.1. The number of rotatable bonds is 7. The van der Waals surface area contributed by atoms with Gasteiger partial charge in [-0.05, 0) is 44.0 Å². The molecule has 0 spiro atoms. The Labute approximate surface area is 186 Å². The van der Waals surface area contributed by atoms with E-state index in [2.05, 4.69) is 25.8 Å². The molecule has 4 rings (SSSR count). The van der Waals surface area contributed by atoms with Crippen LogP contribution in [0.3, 0.4) is 0 Å². The summed E-state index contributed by atoms with van der Waals surface area (Å²) in [5, 5.41) is 9.46. The van der Waals surface area contributed by atoms with Crippen molar-refractivity contribution in [3.05, 3.63) is 34.8 Å². The first-order valence-electron chi connectivity index (χ1n) is 10.9. The van der Waals surface area contributed by atoms with Gasteiger partial charge in [0.1, 0.15) is 5.75 Å². The van der Waals surface area contributed by atoms with Crippen molar-refractivity contribution in [3.8, 4) is 5.75 Å². The highest BCUT2D eigenvalue weighted by Gasteiger charge is 2.23. The van der Waals surface area contributed by atoms with Gasteiger partial charge in [-0.1, -0.05) is 12.8 Å². The number of amides is 3. The third-order valence-electron chi connectivity index (χ3n) is 5.54. The zero-order valence-corrected chi connectivity index (χ0v) is 18.6. The molecule has 2 aromatic rings. The molecule has 31 heavy (non-hydrogen) atoms. The number of hydrogen-bond acceptors (Lipinski definition) is 6. The minimum absolute atomic E-state index is 0.0496. The van der Waals surface area contributed by atoms with Gasteiger partial charge in [-0.15, -0.1) is 11.3 Å². The van der Waals surface area contributed by atoms with Gasteiger partial charge in [-0.2, -0.15) is 0 Å². The van der Waals surface area contributed by atoms with Crippen molar-refractivity contribution in [1.29, 1.82) is 0 Å². The van der Waals surface area contributed by atoms with Gasteiger partial charge in [0.25, 0.3) is 0 Å². The van der Waals surface area contributed by atoms with Crippen LogP contribution in [0.25, 0.3) is 0 Å². The molecular formula is C22H29N5O3S. The third-order valence-corrected chi connectivity index (χ3v) is 6.54. The quantitative estimate of drug-likeness (QED) is 0.608. The van der Waals surface area contributed by atoms with Gasteiger partial charge in [0, 0.05) is 36.1 Å². The molecule has 1 aliphatic carbocycles. The number of hydrogen-bond donors (Lipinski definition) is 3. The standard InChI is InChI=1S/C22H29N5O3S/c1-2-30-17-9-7-16(8-10-17)23-20(28)14-27-12-11-18-19(13-27)31-22(25-18)26-21(29)24-15-5-3-4-6-15/h7-10,15H,2-6,11-14H2,1H3,(H,23,28)(H2,24,25,26,29). The molecule has 1 saturated carbocycles. The number of aromatic nitrogens is 1. The minimum atomic E-state index is -0.176. The van der Waals surface area contributed by atoms with Gasteiger partial charge in [-0.3, -0.25) is 15.0 Å². The lowest BCUT2D eigenvalue weighted by Gasteiger charge is -2.25. The molecule has 1 aliphatic heterocycles. The molecule has 2 heterocycles. The molecule has 0 radical (unpaired) electrons. The molecule has 9 heteroatoms. The molecule has 0 saturated heterocycles. The lowest BCUT2D eigenvalue weighted by atomic mass is 10.2. The fraction of sp³-hybridized carbons (Fsp3) is 0.500. The van der Waals surface area contributed by atoms with E-state index in [1.807, 2.05) is 31.2 Å². The molecule has 1 fully saturated rings. The van der Waals surface area contributed by atoms with Crippen LogP contribution < -0.4 is 20.7 Å². The highest BCUT2D eigenvalue weighted by Crippen LogP contribution is 2.28. The summed E-state index contributed by atoms with van der Waals surface area (Å²) in [5.41, 5.74) is 1.77. The first kappa shape index (κ1) is 21.6. The number of thiazole rings is 1. The predicted molar refractivity (Wildman–Crippen MR) is 122 cm³/mol. The maximum atomic E-state index is 12.5. The van der Waals surface area contributed by atoms with Gasteiger partial charge < -0.3 is 15.4 Å². The monoisotopic (exact) mass is 443 g/mol. The summed E-state index contributed by atoms with van der Waals surface area (Å²) >= 11 is 1.49. The van der Waals surface area contributed by atoms with E-state index in [1.165, 1.54) is 24.2 Å². The summed E-state index contributed by atoms with van der Waals surface area (Å²) in [6, 6.07) is 7.48. The molecule has 0 bridgehead atoms. The number of carbonyl (C=O) groups excluding carboxylic acids is 2. The van der Waals surface area contributed by atoms with Crippen molar-refractivity contribution in [2.45, 2.75) is 51.6 Å². The lowest BCUT2D eigenvalue weighted by molar-refractivity contribution is -0.117. The van der Waals surface area contributed by atoms with Crippen LogP contribution in [0.1, 0.15) is 43.2 Å².